The molecule has 0 bridgehead atoms. The van der Waals surface area contributed by atoms with E-state index in [4.69, 9.17) is 4.74 Å². The van der Waals surface area contributed by atoms with E-state index in [1.54, 1.807) is 7.11 Å². The summed E-state index contributed by atoms with van der Waals surface area (Å²) in [4.78, 5) is 14.2. The number of hydrogen-bond acceptors (Lipinski definition) is 2. The summed E-state index contributed by atoms with van der Waals surface area (Å²) in [6.07, 6.45) is 2.02. The Morgan fingerprint density at radius 1 is 1.35 bits per heavy atom. The number of benzene rings is 1. The van der Waals surface area contributed by atoms with Crippen LogP contribution in [0.25, 0.3) is 0 Å². The molecule has 1 heterocycles. The molecule has 1 saturated heterocycles. The van der Waals surface area contributed by atoms with Crippen LogP contribution in [0.2, 0.25) is 0 Å². The van der Waals surface area contributed by atoms with Crippen molar-refractivity contribution < 1.29 is 9.53 Å². The molecule has 3 heteroatoms. The third-order valence-corrected chi connectivity index (χ3v) is 3.46. The Morgan fingerprint density at radius 3 is 2.71 bits per heavy atom. The summed E-state index contributed by atoms with van der Waals surface area (Å²) in [6, 6.07) is 9.44. The predicted octanol–water partition coefficient (Wildman–Crippen LogP) is 2.33. The lowest BCUT2D eigenvalue weighted by molar-refractivity contribution is -0.0440. The monoisotopic (exact) mass is 233 g/mol. The molecule has 1 aliphatic rings. The summed E-state index contributed by atoms with van der Waals surface area (Å²) in [7, 11) is 1.72. The maximum Gasteiger partial charge on any atom is 0.253 e. The van der Waals surface area contributed by atoms with Gasteiger partial charge in [-0.05, 0) is 31.9 Å². The molecule has 1 aliphatic heterocycles. The summed E-state index contributed by atoms with van der Waals surface area (Å²) in [5.74, 6) is 0.105. The predicted molar refractivity (Wildman–Crippen MR) is 67.0 cm³/mol. The van der Waals surface area contributed by atoms with Gasteiger partial charge in [-0.15, -0.1) is 0 Å². The molecule has 0 aromatic heterocycles. The highest BCUT2D eigenvalue weighted by atomic mass is 16.5. The fourth-order valence-corrected chi connectivity index (χ4v) is 2.31. The van der Waals surface area contributed by atoms with E-state index in [1.807, 2.05) is 35.2 Å². The zero-order valence-electron chi connectivity index (χ0n) is 10.5. The van der Waals surface area contributed by atoms with Crippen molar-refractivity contribution in [2.45, 2.75) is 25.4 Å². The van der Waals surface area contributed by atoms with Gasteiger partial charge < -0.3 is 9.64 Å². The van der Waals surface area contributed by atoms with Crippen LogP contribution in [0.4, 0.5) is 0 Å². The van der Waals surface area contributed by atoms with Crippen molar-refractivity contribution in [1.29, 1.82) is 0 Å². The van der Waals surface area contributed by atoms with Gasteiger partial charge in [0.05, 0.1) is 5.60 Å². The van der Waals surface area contributed by atoms with E-state index in [1.165, 1.54) is 0 Å². The molecule has 1 aromatic rings. The summed E-state index contributed by atoms with van der Waals surface area (Å²) >= 11 is 0. The van der Waals surface area contributed by atoms with Crippen LogP contribution >= 0.6 is 0 Å². The lowest BCUT2D eigenvalue weighted by Crippen LogP contribution is -2.49. The number of carbonyl (C=O) groups is 1. The number of piperidine rings is 1. The second kappa shape index (κ2) is 4.88. The maximum atomic E-state index is 12.3. The van der Waals surface area contributed by atoms with Gasteiger partial charge in [-0.3, -0.25) is 4.79 Å². The molecule has 1 aromatic carbocycles. The van der Waals surface area contributed by atoms with Crippen LogP contribution in [0.15, 0.2) is 30.3 Å². The summed E-state index contributed by atoms with van der Waals surface area (Å²) in [5, 5.41) is 0. The summed E-state index contributed by atoms with van der Waals surface area (Å²) in [5.41, 5.74) is 0.565. The Kier molecular flexibility index (Phi) is 3.48. The van der Waals surface area contributed by atoms with Crippen LogP contribution in [0.3, 0.4) is 0 Å². The van der Waals surface area contributed by atoms with Gasteiger partial charge in [-0.2, -0.15) is 0 Å². The normalized spacial score (nSPS) is 24.7. The van der Waals surface area contributed by atoms with Gasteiger partial charge in [0.25, 0.3) is 5.91 Å². The third-order valence-electron chi connectivity index (χ3n) is 3.46. The molecule has 92 valence electrons. The Morgan fingerprint density at radius 2 is 2.06 bits per heavy atom. The fourth-order valence-electron chi connectivity index (χ4n) is 2.31. The highest BCUT2D eigenvalue weighted by Crippen LogP contribution is 2.24. The van der Waals surface area contributed by atoms with E-state index in [2.05, 4.69) is 6.92 Å². The first-order valence-corrected chi connectivity index (χ1v) is 6.04. The first kappa shape index (κ1) is 12.1. The second-order valence-electron chi connectivity index (χ2n) is 4.85. The minimum atomic E-state index is -0.192. The standard InChI is InChI=1S/C14H19NO2/c1-14(17-2)9-6-10-15(11-14)13(16)12-7-4-3-5-8-12/h3-5,7-8H,6,9-11H2,1-2H3. The Hall–Kier alpha value is -1.35. The summed E-state index contributed by atoms with van der Waals surface area (Å²) < 4.78 is 5.50. The number of methoxy groups -OCH3 is 1. The van der Waals surface area contributed by atoms with Crippen LogP contribution in [0, 0.1) is 0 Å². The third kappa shape index (κ3) is 2.67. The van der Waals surface area contributed by atoms with E-state index >= 15 is 0 Å². The molecule has 0 aliphatic carbocycles. The maximum absolute atomic E-state index is 12.3. The van der Waals surface area contributed by atoms with Crippen LogP contribution in [0.5, 0.6) is 0 Å². The number of rotatable bonds is 2. The van der Waals surface area contributed by atoms with Gasteiger partial charge in [0, 0.05) is 25.8 Å². The van der Waals surface area contributed by atoms with E-state index in [-0.39, 0.29) is 11.5 Å². The molecule has 0 radical (unpaired) electrons. The first-order chi connectivity index (χ1) is 8.14. The molecule has 1 atom stereocenters. The molecule has 2 rings (SSSR count). The van der Waals surface area contributed by atoms with Gasteiger partial charge in [0.2, 0.25) is 0 Å². The highest BCUT2D eigenvalue weighted by molar-refractivity contribution is 5.94. The van der Waals surface area contributed by atoms with Crippen LogP contribution in [-0.2, 0) is 4.74 Å². The lowest BCUT2D eigenvalue weighted by atomic mass is 9.94. The Balaban J connectivity index is 2.10. The molecule has 3 nitrogen and oxygen atoms in total. The Labute approximate surface area is 102 Å². The van der Waals surface area contributed by atoms with Crippen molar-refractivity contribution >= 4 is 5.91 Å². The molecule has 1 unspecified atom stereocenters. The SMILES string of the molecule is COC1(C)CCCN(C(=O)c2ccccc2)C1. The minimum absolute atomic E-state index is 0.105. The Bertz CT molecular complexity index is 390. The van der Waals surface area contributed by atoms with Crippen molar-refractivity contribution in [3.8, 4) is 0 Å². The number of hydrogen-bond donors (Lipinski definition) is 0. The second-order valence-corrected chi connectivity index (χ2v) is 4.85. The molecule has 0 saturated carbocycles. The van der Waals surface area contributed by atoms with Crippen molar-refractivity contribution in [3.63, 3.8) is 0 Å². The topological polar surface area (TPSA) is 29.5 Å². The zero-order valence-corrected chi connectivity index (χ0v) is 10.5. The number of likely N-dealkylation sites (tertiary alicyclic amines) is 1. The molecule has 17 heavy (non-hydrogen) atoms. The van der Waals surface area contributed by atoms with Gasteiger partial charge in [-0.25, -0.2) is 0 Å². The van der Waals surface area contributed by atoms with Crippen LogP contribution < -0.4 is 0 Å². The van der Waals surface area contributed by atoms with Gasteiger partial charge in [0.15, 0.2) is 0 Å². The largest absolute Gasteiger partial charge is 0.377 e. The average Bonchev–Trinajstić information content (AvgIpc) is 2.39. The molecular formula is C14H19NO2. The fraction of sp³-hybridized carbons (Fsp3) is 0.500. The van der Waals surface area contributed by atoms with Crippen LogP contribution in [0.1, 0.15) is 30.1 Å². The molecule has 1 amide bonds. The van der Waals surface area contributed by atoms with Crippen molar-refractivity contribution in [2.75, 3.05) is 20.2 Å². The quantitative estimate of drug-likeness (QED) is 0.784. The van der Waals surface area contributed by atoms with Crippen molar-refractivity contribution in [1.82, 2.24) is 4.90 Å². The molecule has 0 spiro atoms. The van der Waals surface area contributed by atoms with E-state index in [9.17, 15) is 4.79 Å². The first-order valence-electron chi connectivity index (χ1n) is 6.04. The highest BCUT2D eigenvalue weighted by Gasteiger charge is 2.33. The lowest BCUT2D eigenvalue weighted by Gasteiger charge is -2.39. The smallest absolute Gasteiger partial charge is 0.253 e. The number of ether oxygens (including phenoxy) is 1. The number of amides is 1. The van der Waals surface area contributed by atoms with E-state index in [0.717, 1.165) is 24.9 Å². The molecule has 1 fully saturated rings. The van der Waals surface area contributed by atoms with E-state index < -0.39 is 0 Å². The average molecular weight is 233 g/mol. The minimum Gasteiger partial charge on any atom is -0.377 e. The zero-order chi connectivity index (χ0) is 12.3. The molecule has 0 N–H and O–H groups in total. The van der Waals surface area contributed by atoms with E-state index in [0.29, 0.717) is 6.54 Å². The summed E-state index contributed by atoms with van der Waals surface area (Å²) in [6.45, 7) is 3.57. The number of nitrogens with zero attached hydrogens (tertiary/aromatic N) is 1. The van der Waals surface area contributed by atoms with Crippen LogP contribution in [-0.4, -0.2) is 36.6 Å². The van der Waals surface area contributed by atoms with Gasteiger partial charge >= 0.3 is 0 Å². The van der Waals surface area contributed by atoms with Gasteiger partial charge in [-0.1, -0.05) is 18.2 Å². The van der Waals surface area contributed by atoms with Crippen molar-refractivity contribution in [3.05, 3.63) is 35.9 Å². The van der Waals surface area contributed by atoms with Crippen molar-refractivity contribution in [2.24, 2.45) is 0 Å². The molecular weight excluding hydrogens is 214 g/mol. The number of carbonyl (C=O) groups excluding carboxylic acids is 1. The van der Waals surface area contributed by atoms with Gasteiger partial charge in [0.1, 0.15) is 0 Å².